The van der Waals surface area contributed by atoms with Crippen molar-refractivity contribution in [2.45, 2.75) is 11.2 Å². The Morgan fingerprint density at radius 2 is 2.10 bits per heavy atom. The lowest BCUT2D eigenvalue weighted by atomic mass is 10.3. The molecule has 0 spiro atoms. The molecule has 21 heavy (non-hydrogen) atoms. The second-order valence-corrected chi connectivity index (χ2v) is 4.68. The smallest absolute Gasteiger partial charge is 0.417 e. The van der Waals surface area contributed by atoms with E-state index in [1.165, 1.54) is 0 Å². The third-order valence-corrected chi connectivity index (χ3v) is 3.26. The first-order valence-corrected chi connectivity index (χ1v) is 6.67. The van der Waals surface area contributed by atoms with Crippen molar-refractivity contribution in [1.82, 2.24) is 14.8 Å². The number of anilines is 1. The summed E-state index contributed by atoms with van der Waals surface area (Å²) in [5.41, 5.74) is 4.56. The number of nitrogens with two attached hydrogens (primary N) is 1. The molecule has 0 radical (unpaired) electrons. The fraction of sp³-hybridized carbons (Fsp3) is 0.182. The van der Waals surface area contributed by atoms with E-state index in [1.807, 2.05) is 0 Å². The van der Waals surface area contributed by atoms with Gasteiger partial charge in [0.2, 0.25) is 0 Å². The van der Waals surface area contributed by atoms with E-state index in [9.17, 15) is 18.0 Å². The van der Waals surface area contributed by atoms with Gasteiger partial charge >= 0.3 is 12.1 Å². The minimum atomic E-state index is -4.50. The van der Waals surface area contributed by atoms with Gasteiger partial charge in [-0.3, -0.25) is 0 Å². The molecule has 2 heterocycles. The van der Waals surface area contributed by atoms with Crippen LogP contribution in [-0.4, -0.2) is 32.1 Å². The molecule has 0 bridgehead atoms. The second-order valence-electron chi connectivity index (χ2n) is 3.89. The van der Waals surface area contributed by atoms with Crippen LogP contribution in [0.2, 0.25) is 0 Å². The highest BCUT2D eigenvalue weighted by Gasteiger charge is 2.31. The highest BCUT2D eigenvalue weighted by Crippen LogP contribution is 2.30. The maximum atomic E-state index is 12.5. The fourth-order valence-corrected chi connectivity index (χ4v) is 2.17. The number of nitrogen functional groups attached to an aromatic ring is 1. The molecular formula is C11H9F3N4O2S. The number of halogens is 3. The van der Waals surface area contributed by atoms with Crippen LogP contribution in [0.3, 0.4) is 0 Å². The van der Waals surface area contributed by atoms with E-state index in [4.69, 9.17) is 10.8 Å². The van der Waals surface area contributed by atoms with Crippen molar-refractivity contribution in [3.63, 3.8) is 0 Å². The number of pyridine rings is 1. The number of alkyl halides is 3. The van der Waals surface area contributed by atoms with Gasteiger partial charge in [0, 0.05) is 6.20 Å². The molecule has 0 saturated carbocycles. The largest absolute Gasteiger partial charge is 0.477 e. The van der Waals surface area contributed by atoms with Gasteiger partial charge in [0.15, 0.2) is 5.82 Å². The Kier molecular flexibility index (Phi) is 3.81. The first-order chi connectivity index (χ1) is 9.75. The van der Waals surface area contributed by atoms with Gasteiger partial charge in [0.1, 0.15) is 16.4 Å². The van der Waals surface area contributed by atoms with E-state index in [1.54, 1.807) is 6.26 Å². The average molecular weight is 318 g/mol. The molecule has 0 atom stereocenters. The van der Waals surface area contributed by atoms with Gasteiger partial charge < -0.3 is 10.8 Å². The molecule has 0 unspecified atom stereocenters. The molecule has 3 N–H and O–H groups in total. The van der Waals surface area contributed by atoms with Gasteiger partial charge in [-0.1, -0.05) is 0 Å². The summed E-state index contributed by atoms with van der Waals surface area (Å²) in [4.78, 5) is 14.7. The van der Waals surface area contributed by atoms with E-state index in [0.29, 0.717) is 6.20 Å². The Morgan fingerprint density at radius 3 is 2.48 bits per heavy atom. The average Bonchev–Trinajstić information content (AvgIpc) is 2.75. The molecule has 0 aliphatic carbocycles. The van der Waals surface area contributed by atoms with Crippen molar-refractivity contribution in [2.24, 2.45) is 0 Å². The first kappa shape index (κ1) is 15.2. The zero-order valence-electron chi connectivity index (χ0n) is 10.5. The Labute approximate surface area is 120 Å². The summed E-state index contributed by atoms with van der Waals surface area (Å²) >= 11 is 1.06. The van der Waals surface area contributed by atoms with Crippen molar-refractivity contribution in [3.8, 4) is 5.82 Å². The molecule has 0 aliphatic rings. The highest BCUT2D eigenvalue weighted by molar-refractivity contribution is 7.98. The Balaban J connectivity index is 2.50. The Bertz CT molecular complexity index is 682. The van der Waals surface area contributed by atoms with Gasteiger partial charge in [-0.15, -0.1) is 11.8 Å². The van der Waals surface area contributed by atoms with Crippen molar-refractivity contribution < 1.29 is 23.1 Å². The van der Waals surface area contributed by atoms with Crippen molar-refractivity contribution >= 4 is 23.5 Å². The van der Waals surface area contributed by atoms with Crippen LogP contribution in [0.5, 0.6) is 0 Å². The van der Waals surface area contributed by atoms with Gasteiger partial charge in [0.05, 0.1) is 5.56 Å². The zero-order chi connectivity index (χ0) is 15.8. The van der Waals surface area contributed by atoms with Gasteiger partial charge in [-0.2, -0.15) is 23.0 Å². The van der Waals surface area contributed by atoms with Crippen LogP contribution in [0, 0.1) is 0 Å². The molecule has 0 saturated heterocycles. The molecule has 0 aromatic carbocycles. The molecule has 0 amide bonds. The van der Waals surface area contributed by atoms with Crippen LogP contribution in [-0.2, 0) is 6.18 Å². The number of hydrogen-bond donors (Lipinski definition) is 2. The lowest BCUT2D eigenvalue weighted by Gasteiger charge is -2.07. The fourth-order valence-electron chi connectivity index (χ4n) is 1.61. The third kappa shape index (κ3) is 2.79. The van der Waals surface area contributed by atoms with E-state index in [0.717, 1.165) is 28.6 Å². The Hall–Kier alpha value is -2.23. The van der Waals surface area contributed by atoms with Crippen molar-refractivity contribution in [3.05, 3.63) is 29.5 Å². The monoisotopic (exact) mass is 318 g/mol. The lowest BCUT2D eigenvalue weighted by Crippen LogP contribution is -2.09. The lowest BCUT2D eigenvalue weighted by molar-refractivity contribution is -0.137. The van der Waals surface area contributed by atoms with Crippen LogP contribution >= 0.6 is 11.8 Å². The normalized spacial score (nSPS) is 11.6. The molecule has 0 fully saturated rings. The number of aromatic carboxylic acids is 1. The minimum Gasteiger partial charge on any atom is -0.477 e. The maximum absolute atomic E-state index is 12.5. The number of carbonyl (C=O) groups is 1. The minimum absolute atomic E-state index is 0.00306. The van der Waals surface area contributed by atoms with E-state index in [-0.39, 0.29) is 22.2 Å². The third-order valence-electron chi connectivity index (χ3n) is 2.59. The quantitative estimate of drug-likeness (QED) is 0.843. The number of thioether (sulfide) groups is 1. The highest BCUT2D eigenvalue weighted by atomic mass is 32.2. The number of carboxylic acid groups (broad SMARTS) is 1. The summed E-state index contributed by atoms with van der Waals surface area (Å²) in [6, 6.07) is 1.89. The van der Waals surface area contributed by atoms with Gasteiger partial charge in [0.25, 0.3) is 0 Å². The summed E-state index contributed by atoms with van der Waals surface area (Å²) < 4.78 is 38.4. The molecule has 10 heteroatoms. The summed E-state index contributed by atoms with van der Waals surface area (Å²) in [5, 5.41) is 13.2. The van der Waals surface area contributed by atoms with Crippen molar-refractivity contribution in [2.75, 3.05) is 12.0 Å². The Morgan fingerprint density at radius 1 is 1.43 bits per heavy atom. The molecule has 2 aromatic heterocycles. The van der Waals surface area contributed by atoms with Crippen molar-refractivity contribution in [1.29, 1.82) is 0 Å². The van der Waals surface area contributed by atoms with Crippen LogP contribution in [0.4, 0.5) is 19.0 Å². The summed E-state index contributed by atoms with van der Waals surface area (Å²) in [7, 11) is 0. The first-order valence-electron chi connectivity index (χ1n) is 5.45. The summed E-state index contributed by atoms with van der Waals surface area (Å²) in [6.07, 6.45) is -2.26. The number of carboxylic acids is 1. The zero-order valence-corrected chi connectivity index (χ0v) is 11.4. The molecule has 2 rings (SSSR count). The van der Waals surface area contributed by atoms with Gasteiger partial charge in [-0.05, 0) is 18.4 Å². The van der Waals surface area contributed by atoms with Crippen LogP contribution in [0.15, 0.2) is 23.4 Å². The number of nitrogens with zero attached hydrogens (tertiary/aromatic N) is 3. The molecule has 112 valence electrons. The number of aromatic nitrogens is 3. The van der Waals surface area contributed by atoms with Crippen LogP contribution in [0.1, 0.15) is 15.9 Å². The standard InChI is InChI=1S/C11H9F3N4O2S/c1-21-9-7(10(19)20)8(15)18(17-9)6-3-2-5(4-16-6)11(12,13)14/h2-4H,15H2,1H3,(H,19,20). The topological polar surface area (TPSA) is 94.0 Å². The van der Waals surface area contributed by atoms with Gasteiger partial charge in [-0.25, -0.2) is 9.78 Å². The SMILES string of the molecule is CSc1nn(-c2ccc(C(F)(F)F)cn2)c(N)c1C(=O)O. The molecule has 6 nitrogen and oxygen atoms in total. The predicted molar refractivity (Wildman–Crippen MR) is 69.5 cm³/mol. The maximum Gasteiger partial charge on any atom is 0.417 e. The summed E-state index contributed by atoms with van der Waals surface area (Å²) in [6.45, 7) is 0. The summed E-state index contributed by atoms with van der Waals surface area (Å²) in [5.74, 6) is -1.46. The van der Waals surface area contributed by atoms with E-state index < -0.39 is 17.7 Å². The molecular weight excluding hydrogens is 309 g/mol. The second kappa shape index (κ2) is 5.28. The van der Waals surface area contributed by atoms with E-state index >= 15 is 0 Å². The molecule has 0 aliphatic heterocycles. The predicted octanol–water partition coefficient (Wildman–Crippen LogP) is 2.29. The number of rotatable bonds is 3. The number of hydrogen-bond acceptors (Lipinski definition) is 5. The van der Waals surface area contributed by atoms with Crippen LogP contribution in [0.25, 0.3) is 5.82 Å². The van der Waals surface area contributed by atoms with Crippen LogP contribution < -0.4 is 5.73 Å². The molecule has 2 aromatic rings. The van der Waals surface area contributed by atoms with E-state index in [2.05, 4.69) is 10.1 Å².